The van der Waals surface area contributed by atoms with Gasteiger partial charge in [0, 0.05) is 30.8 Å². The highest BCUT2D eigenvalue weighted by Crippen LogP contribution is 2.27. The number of benzene rings is 1. The van der Waals surface area contributed by atoms with Crippen LogP contribution < -0.4 is 0 Å². The molecule has 0 radical (unpaired) electrons. The van der Waals surface area contributed by atoms with Crippen molar-refractivity contribution in [2.45, 2.75) is 39.8 Å². The number of aromatic nitrogens is 3. The van der Waals surface area contributed by atoms with Gasteiger partial charge in [-0.05, 0) is 45.9 Å². The molecule has 1 aliphatic rings. The van der Waals surface area contributed by atoms with Gasteiger partial charge in [-0.3, -0.25) is 9.58 Å². The van der Waals surface area contributed by atoms with Crippen LogP contribution in [-0.4, -0.2) is 76.7 Å². The lowest BCUT2D eigenvalue weighted by molar-refractivity contribution is 0.00521. The van der Waals surface area contributed by atoms with E-state index in [2.05, 4.69) is 9.88 Å². The van der Waals surface area contributed by atoms with Crippen molar-refractivity contribution in [3.05, 3.63) is 48.0 Å². The summed E-state index contributed by atoms with van der Waals surface area (Å²) in [5, 5.41) is 4.74. The molecule has 36 heavy (non-hydrogen) atoms. The van der Waals surface area contributed by atoms with Crippen LogP contribution in [0, 0.1) is 0 Å². The van der Waals surface area contributed by atoms with Gasteiger partial charge >= 0.3 is 11.9 Å². The molecule has 0 amide bonds. The Morgan fingerprint density at radius 2 is 1.81 bits per heavy atom. The van der Waals surface area contributed by atoms with Crippen LogP contribution in [0.4, 0.5) is 0 Å². The summed E-state index contributed by atoms with van der Waals surface area (Å²) in [6, 6.07) is 9.17. The van der Waals surface area contributed by atoms with E-state index in [1.54, 1.807) is 17.7 Å². The third kappa shape index (κ3) is 6.38. The number of carbonyl (C=O) groups excluding carboxylic acids is 2. The van der Waals surface area contributed by atoms with E-state index >= 15 is 0 Å². The summed E-state index contributed by atoms with van der Waals surface area (Å²) in [7, 11) is 0. The van der Waals surface area contributed by atoms with E-state index in [4.69, 9.17) is 23.7 Å². The van der Waals surface area contributed by atoms with Crippen molar-refractivity contribution in [3.8, 4) is 22.7 Å². The van der Waals surface area contributed by atoms with Gasteiger partial charge in [0.2, 0.25) is 11.7 Å². The molecule has 0 aliphatic carbocycles. The van der Waals surface area contributed by atoms with Crippen molar-refractivity contribution < 1.29 is 28.2 Å². The lowest BCUT2D eigenvalue weighted by Crippen LogP contribution is -2.38. The number of esters is 2. The van der Waals surface area contributed by atoms with Gasteiger partial charge in [-0.25, -0.2) is 14.6 Å². The Balaban J connectivity index is 1.60. The molecule has 10 heteroatoms. The van der Waals surface area contributed by atoms with E-state index in [9.17, 15) is 9.59 Å². The number of ether oxygens (including phenoxy) is 3. The molecule has 0 atom stereocenters. The molecule has 0 saturated carbocycles. The molecule has 10 nitrogen and oxygen atoms in total. The standard InChI is InChI=1S/C26H32N4O6/c1-5-34-25(32)22-17-27-23(35-22)19-8-6-7-18(15-19)20-16-21(24(31)36-26(2,3)4)30(28-20)10-9-29-11-13-33-14-12-29/h6-8,15-17H,5,9-14H2,1-4H3. The van der Waals surface area contributed by atoms with E-state index in [1.807, 2.05) is 45.0 Å². The summed E-state index contributed by atoms with van der Waals surface area (Å²) in [5.41, 5.74) is 1.83. The molecule has 1 fully saturated rings. The van der Waals surface area contributed by atoms with Gasteiger partial charge in [0.25, 0.3) is 0 Å². The summed E-state index contributed by atoms with van der Waals surface area (Å²) in [4.78, 5) is 31.4. The molecule has 0 N–H and O–H groups in total. The fourth-order valence-corrected chi connectivity index (χ4v) is 3.80. The summed E-state index contributed by atoms with van der Waals surface area (Å²) in [6.07, 6.45) is 1.35. The first-order valence-electron chi connectivity index (χ1n) is 12.1. The van der Waals surface area contributed by atoms with Crippen molar-refractivity contribution in [1.82, 2.24) is 19.7 Å². The van der Waals surface area contributed by atoms with Crippen LogP contribution in [0.2, 0.25) is 0 Å². The maximum Gasteiger partial charge on any atom is 0.375 e. The molecule has 1 saturated heterocycles. The van der Waals surface area contributed by atoms with Crippen LogP contribution in [0.25, 0.3) is 22.7 Å². The number of morpholine rings is 1. The molecule has 2 aromatic heterocycles. The zero-order valence-corrected chi connectivity index (χ0v) is 21.2. The Kier molecular flexibility index (Phi) is 7.85. The first kappa shape index (κ1) is 25.6. The van der Waals surface area contributed by atoms with Crippen molar-refractivity contribution in [2.24, 2.45) is 0 Å². The van der Waals surface area contributed by atoms with Crippen LogP contribution in [-0.2, 0) is 20.8 Å². The SMILES string of the molecule is CCOC(=O)c1cnc(-c2cccc(-c3cc(C(=O)OC(C)(C)C)n(CCN4CCOCC4)n3)c2)o1. The zero-order chi connectivity index (χ0) is 25.7. The van der Waals surface area contributed by atoms with E-state index < -0.39 is 17.5 Å². The maximum atomic E-state index is 13.0. The molecule has 4 rings (SSSR count). The number of nitrogens with zero attached hydrogens (tertiary/aromatic N) is 4. The van der Waals surface area contributed by atoms with Crippen molar-refractivity contribution in [1.29, 1.82) is 0 Å². The monoisotopic (exact) mass is 496 g/mol. The molecule has 1 aliphatic heterocycles. The third-order valence-corrected chi connectivity index (χ3v) is 5.51. The summed E-state index contributed by atoms with van der Waals surface area (Å²) in [6.45, 7) is 11.9. The zero-order valence-electron chi connectivity index (χ0n) is 21.2. The maximum absolute atomic E-state index is 13.0. The molecular weight excluding hydrogens is 464 g/mol. The first-order valence-corrected chi connectivity index (χ1v) is 12.1. The molecule has 1 aromatic carbocycles. The highest BCUT2D eigenvalue weighted by molar-refractivity contribution is 5.89. The Morgan fingerprint density at radius 3 is 2.53 bits per heavy atom. The number of oxazole rings is 1. The van der Waals surface area contributed by atoms with E-state index in [1.165, 1.54) is 6.20 Å². The Hall–Kier alpha value is -3.50. The lowest BCUT2D eigenvalue weighted by Gasteiger charge is -2.26. The number of hydrogen-bond acceptors (Lipinski definition) is 9. The minimum atomic E-state index is -0.627. The fourth-order valence-electron chi connectivity index (χ4n) is 3.80. The normalized spacial score (nSPS) is 14.6. The smallest absolute Gasteiger partial charge is 0.375 e. The first-order chi connectivity index (χ1) is 17.2. The van der Waals surface area contributed by atoms with Crippen molar-refractivity contribution in [2.75, 3.05) is 39.5 Å². The summed E-state index contributed by atoms with van der Waals surface area (Å²) >= 11 is 0. The minimum Gasteiger partial charge on any atom is -0.460 e. The lowest BCUT2D eigenvalue weighted by atomic mass is 10.1. The fraction of sp³-hybridized carbons (Fsp3) is 0.462. The number of carbonyl (C=O) groups is 2. The average molecular weight is 497 g/mol. The van der Waals surface area contributed by atoms with E-state index in [0.29, 0.717) is 42.6 Å². The largest absolute Gasteiger partial charge is 0.460 e. The molecule has 3 aromatic rings. The van der Waals surface area contributed by atoms with Gasteiger partial charge in [0.05, 0.1) is 38.3 Å². The van der Waals surface area contributed by atoms with Crippen LogP contribution in [0.15, 0.2) is 40.9 Å². The van der Waals surface area contributed by atoms with Gasteiger partial charge in [-0.2, -0.15) is 5.10 Å². The van der Waals surface area contributed by atoms with Crippen molar-refractivity contribution in [3.63, 3.8) is 0 Å². The number of rotatable bonds is 8. The highest BCUT2D eigenvalue weighted by Gasteiger charge is 2.24. The molecule has 3 heterocycles. The van der Waals surface area contributed by atoms with Crippen LogP contribution in [0.5, 0.6) is 0 Å². The molecule has 192 valence electrons. The third-order valence-electron chi connectivity index (χ3n) is 5.51. The Labute approximate surface area is 210 Å². The van der Waals surface area contributed by atoms with Gasteiger partial charge in [-0.15, -0.1) is 0 Å². The van der Waals surface area contributed by atoms with Crippen LogP contribution in [0.3, 0.4) is 0 Å². The van der Waals surface area contributed by atoms with Gasteiger partial charge in [0.15, 0.2) is 0 Å². The highest BCUT2D eigenvalue weighted by atomic mass is 16.6. The minimum absolute atomic E-state index is 0.0388. The van der Waals surface area contributed by atoms with E-state index in [-0.39, 0.29) is 12.4 Å². The van der Waals surface area contributed by atoms with Gasteiger partial charge in [0.1, 0.15) is 11.3 Å². The summed E-state index contributed by atoms with van der Waals surface area (Å²) < 4.78 is 23.3. The van der Waals surface area contributed by atoms with Gasteiger partial charge < -0.3 is 18.6 Å². The van der Waals surface area contributed by atoms with E-state index in [0.717, 1.165) is 25.2 Å². The summed E-state index contributed by atoms with van der Waals surface area (Å²) in [5.74, 6) is -0.657. The molecular formula is C26H32N4O6. The van der Waals surface area contributed by atoms with Crippen LogP contribution >= 0.6 is 0 Å². The predicted molar refractivity (Wildman–Crippen MR) is 132 cm³/mol. The second kappa shape index (κ2) is 11.0. The number of hydrogen-bond donors (Lipinski definition) is 0. The van der Waals surface area contributed by atoms with Crippen LogP contribution in [0.1, 0.15) is 48.7 Å². The molecule has 0 spiro atoms. The quantitative estimate of drug-likeness (QED) is 0.432. The predicted octanol–water partition coefficient (Wildman–Crippen LogP) is 3.67. The van der Waals surface area contributed by atoms with Gasteiger partial charge in [-0.1, -0.05) is 12.1 Å². The molecule has 0 bridgehead atoms. The topological polar surface area (TPSA) is 109 Å². The Bertz CT molecular complexity index is 1200. The second-order valence-corrected chi connectivity index (χ2v) is 9.42. The second-order valence-electron chi connectivity index (χ2n) is 9.42. The van der Waals surface area contributed by atoms with Crippen molar-refractivity contribution >= 4 is 11.9 Å². The Morgan fingerprint density at radius 1 is 1.06 bits per heavy atom. The average Bonchev–Trinajstić information content (AvgIpc) is 3.51. The molecule has 0 unspecified atom stereocenters.